The number of methoxy groups -OCH3 is 1. The SMILES string of the molecule is CNc1cc(N2CCCC2CNc2ccnc(COC)n2)ncn1. The van der Waals surface area contributed by atoms with Gasteiger partial charge in [-0.2, -0.15) is 0 Å². The van der Waals surface area contributed by atoms with E-state index in [0.717, 1.165) is 43.4 Å². The van der Waals surface area contributed by atoms with Crippen molar-refractivity contribution in [2.45, 2.75) is 25.5 Å². The molecule has 1 saturated heterocycles. The van der Waals surface area contributed by atoms with Crippen LogP contribution in [0.1, 0.15) is 18.7 Å². The molecular formula is C16H23N7O. The quantitative estimate of drug-likeness (QED) is 0.791. The lowest BCUT2D eigenvalue weighted by atomic mass is 10.2. The van der Waals surface area contributed by atoms with Gasteiger partial charge in [0.25, 0.3) is 0 Å². The summed E-state index contributed by atoms with van der Waals surface area (Å²) in [6.07, 6.45) is 5.64. The standard InChI is InChI=1S/C16H23N7O/c1-17-14-8-16(21-11-20-14)23-7-3-4-12(23)9-19-13-5-6-18-15(22-13)10-24-2/h5-6,8,11-12H,3-4,7,9-10H2,1-2H3,(H,17,20,21)(H,18,19,22). The first-order valence-corrected chi connectivity index (χ1v) is 8.11. The van der Waals surface area contributed by atoms with E-state index in [1.165, 1.54) is 0 Å². The van der Waals surface area contributed by atoms with E-state index >= 15 is 0 Å². The van der Waals surface area contributed by atoms with Gasteiger partial charge in [0.15, 0.2) is 5.82 Å². The Morgan fingerprint density at radius 2 is 2.21 bits per heavy atom. The molecule has 0 radical (unpaired) electrons. The van der Waals surface area contributed by atoms with Gasteiger partial charge in [0.1, 0.15) is 30.4 Å². The van der Waals surface area contributed by atoms with Crippen molar-refractivity contribution >= 4 is 17.5 Å². The van der Waals surface area contributed by atoms with Crippen molar-refractivity contribution in [2.24, 2.45) is 0 Å². The molecule has 1 unspecified atom stereocenters. The fourth-order valence-electron chi connectivity index (χ4n) is 2.91. The molecule has 0 aliphatic carbocycles. The molecule has 2 N–H and O–H groups in total. The molecule has 2 aromatic heterocycles. The van der Waals surface area contributed by atoms with Crippen LogP contribution in [0.4, 0.5) is 17.5 Å². The highest BCUT2D eigenvalue weighted by Gasteiger charge is 2.25. The number of anilines is 3. The fourth-order valence-corrected chi connectivity index (χ4v) is 2.91. The van der Waals surface area contributed by atoms with E-state index in [4.69, 9.17) is 4.74 Å². The average Bonchev–Trinajstić information content (AvgIpc) is 3.09. The first-order chi connectivity index (χ1) is 11.8. The maximum atomic E-state index is 5.08. The summed E-state index contributed by atoms with van der Waals surface area (Å²) >= 11 is 0. The van der Waals surface area contributed by atoms with Crippen molar-refractivity contribution in [1.82, 2.24) is 19.9 Å². The summed E-state index contributed by atoms with van der Waals surface area (Å²) in [6, 6.07) is 4.24. The van der Waals surface area contributed by atoms with E-state index < -0.39 is 0 Å². The van der Waals surface area contributed by atoms with Crippen molar-refractivity contribution in [1.29, 1.82) is 0 Å². The molecule has 1 aliphatic heterocycles. The molecule has 3 heterocycles. The Balaban J connectivity index is 1.64. The maximum Gasteiger partial charge on any atom is 0.156 e. The smallest absolute Gasteiger partial charge is 0.156 e. The number of ether oxygens (including phenoxy) is 1. The Kier molecular flexibility index (Phi) is 5.37. The molecule has 0 saturated carbocycles. The number of aromatic nitrogens is 4. The zero-order valence-electron chi connectivity index (χ0n) is 14.1. The van der Waals surface area contributed by atoms with Crippen LogP contribution in [0.3, 0.4) is 0 Å². The summed E-state index contributed by atoms with van der Waals surface area (Å²) in [5.74, 6) is 3.29. The molecule has 3 rings (SSSR count). The largest absolute Gasteiger partial charge is 0.377 e. The molecular weight excluding hydrogens is 306 g/mol. The van der Waals surface area contributed by atoms with Crippen LogP contribution in [-0.4, -0.2) is 53.2 Å². The minimum Gasteiger partial charge on any atom is -0.377 e. The van der Waals surface area contributed by atoms with Gasteiger partial charge in [-0.15, -0.1) is 0 Å². The van der Waals surface area contributed by atoms with E-state index in [0.29, 0.717) is 18.5 Å². The van der Waals surface area contributed by atoms with E-state index in [9.17, 15) is 0 Å². The fraction of sp³-hybridized carbons (Fsp3) is 0.500. The second kappa shape index (κ2) is 7.87. The first kappa shape index (κ1) is 16.4. The molecule has 1 aliphatic rings. The molecule has 8 nitrogen and oxygen atoms in total. The third-order valence-corrected chi connectivity index (χ3v) is 4.08. The lowest BCUT2D eigenvalue weighted by Gasteiger charge is -2.26. The summed E-state index contributed by atoms with van der Waals surface area (Å²) in [5, 5.41) is 6.47. The van der Waals surface area contributed by atoms with Crippen molar-refractivity contribution in [3.05, 3.63) is 30.5 Å². The molecule has 8 heteroatoms. The number of hydrogen-bond donors (Lipinski definition) is 2. The molecule has 2 aromatic rings. The predicted octanol–water partition coefficient (Wildman–Crippen LogP) is 1.54. The van der Waals surface area contributed by atoms with Crippen LogP contribution in [0.5, 0.6) is 0 Å². The molecule has 24 heavy (non-hydrogen) atoms. The number of hydrogen-bond acceptors (Lipinski definition) is 8. The van der Waals surface area contributed by atoms with Gasteiger partial charge in [-0.1, -0.05) is 0 Å². The van der Waals surface area contributed by atoms with Crippen LogP contribution in [0.15, 0.2) is 24.7 Å². The van der Waals surface area contributed by atoms with Gasteiger partial charge >= 0.3 is 0 Å². The average molecular weight is 329 g/mol. The lowest BCUT2D eigenvalue weighted by molar-refractivity contribution is 0.178. The molecule has 0 spiro atoms. The zero-order valence-corrected chi connectivity index (χ0v) is 14.1. The number of nitrogens with one attached hydrogen (secondary N) is 2. The van der Waals surface area contributed by atoms with Crippen molar-refractivity contribution in [3.63, 3.8) is 0 Å². The summed E-state index contributed by atoms with van der Waals surface area (Å²) in [4.78, 5) is 19.6. The van der Waals surface area contributed by atoms with Gasteiger partial charge in [-0.25, -0.2) is 19.9 Å². The van der Waals surface area contributed by atoms with Gasteiger partial charge in [-0.3, -0.25) is 0 Å². The summed E-state index contributed by atoms with van der Waals surface area (Å²) < 4.78 is 5.08. The van der Waals surface area contributed by atoms with Crippen LogP contribution in [0.25, 0.3) is 0 Å². The summed E-state index contributed by atoms with van der Waals surface area (Å²) in [5.41, 5.74) is 0. The van der Waals surface area contributed by atoms with E-state index in [-0.39, 0.29) is 0 Å². The van der Waals surface area contributed by atoms with Crippen molar-refractivity contribution in [3.8, 4) is 0 Å². The monoisotopic (exact) mass is 329 g/mol. The van der Waals surface area contributed by atoms with Crippen LogP contribution >= 0.6 is 0 Å². The zero-order chi connectivity index (χ0) is 16.8. The van der Waals surface area contributed by atoms with Crippen molar-refractivity contribution in [2.75, 3.05) is 42.8 Å². The van der Waals surface area contributed by atoms with Gasteiger partial charge in [0.2, 0.25) is 0 Å². The number of nitrogens with zero attached hydrogens (tertiary/aromatic N) is 5. The Morgan fingerprint density at radius 1 is 1.29 bits per heavy atom. The highest BCUT2D eigenvalue weighted by atomic mass is 16.5. The van der Waals surface area contributed by atoms with Gasteiger partial charge in [0.05, 0.1) is 0 Å². The van der Waals surface area contributed by atoms with Gasteiger partial charge < -0.3 is 20.3 Å². The second-order valence-electron chi connectivity index (χ2n) is 5.67. The Labute approximate surface area is 141 Å². The summed E-state index contributed by atoms with van der Waals surface area (Å²) in [6.45, 7) is 2.23. The third-order valence-electron chi connectivity index (χ3n) is 4.08. The molecule has 1 fully saturated rings. The normalized spacial score (nSPS) is 17.1. The maximum absolute atomic E-state index is 5.08. The Bertz CT molecular complexity index is 666. The molecule has 1 atom stereocenters. The topological polar surface area (TPSA) is 88.1 Å². The van der Waals surface area contributed by atoms with Crippen LogP contribution < -0.4 is 15.5 Å². The molecule has 128 valence electrons. The molecule has 0 aromatic carbocycles. The van der Waals surface area contributed by atoms with Gasteiger partial charge in [-0.05, 0) is 18.9 Å². The highest BCUT2D eigenvalue weighted by molar-refractivity contribution is 5.50. The number of rotatable bonds is 7. The van der Waals surface area contributed by atoms with E-state index in [1.807, 2.05) is 19.2 Å². The van der Waals surface area contributed by atoms with E-state index in [1.54, 1.807) is 19.6 Å². The minimum absolute atomic E-state index is 0.380. The lowest BCUT2D eigenvalue weighted by Crippen LogP contribution is -2.35. The third kappa shape index (κ3) is 3.88. The van der Waals surface area contributed by atoms with Gasteiger partial charge in [0, 0.05) is 45.6 Å². The van der Waals surface area contributed by atoms with Crippen LogP contribution in [0.2, 0.25) is 0 Å². The molecule has 0 bridgehead atoms. The highest BCUT2D eigenvalue weighted by Crippen LogP contribution is 2.25. The minimum atomic E-state index is 0.380. The van der Waals surface area contributed by atoms with Crippen LogP contribution in [-0.2, 0) is 11.3 Å². The van der Waals surface area contributed by atoms with E-state index in [2.05, 4.69) is 35.5 Å². The summed E-state index contributed by atoms with van der Waals surface area (Å²) in [7, 11) is 3.50. The first-order valence-electron chi connectivity index (χ1n) is 8.11. The van der Waals surface area contributed by atoms with Crippen molar-refractivity contribution < 1.29 is 4.74 Å². The second-order valence-corrected chi connectivity index (χ2v) is 5.67. The van der Waals surface area contributed by atoms with Crippen LogP contribution in [0, 0.1) is 0 Å². The Morgan fingerprint density at radius 3 is 3.04 bits per heavy atom. The predicted molar refractivity (Wildman–Crippen MR) is 93.2 cm³/mol. The molecule has 0 amide bonds. The Hall–Kier alpha value is -2.48.